The van der Waals surface area contributed by atoms with Crippen molar-refractivity contribution in [3.8, 4) is 5.75 Å². The van der Waals surface area contributed by atoms with Crippen LogP contribution in [0.1, 0.15) is 36.0 Å². The van der Waals surface area contributed by atoms with Crippen LogP contribution in [-0.4, -0.2) is 61.8 Å². The summed E-state index contributed by atoms with van der Waals surface area (Å²) in [6.45, 7) is 0. The van der Waals surface area contributed by atoms with E-state index in [0.717, 1.165) is 31.4 Å². The van der Waals surface area contributed by atoms with Crippen LogP contribution in [0, 0.1) is 10.1 Å². The van der Waals surface area contributed by atoms with Crippen molar-refractivity contribution < 1.29 is 19.3 Å². The number of nitro benzene ring substituents is 1. The van der Waals surface area contributed by atoms with Crippen LogP contribution in [0.25, 0.3) is 0 Å². The Bertz CT molecular complexity index is 776. The molecule has 2 fully saturated rings. The number of carbonyl (C=O) groups is 1. The zero-order valence-corrected chi connectivity index (χ0v) is 16.0. The summed E-state index contributed by atoms with van der Waals surface area (Å²) >= 11 is 0. The minimum atomic E-state index is -0.765. The first kappa shape index (κ1) is 19.1. The number of nitro groups is 1. The predicted octanol–water partition coefficient (Wildman–Crippen LogP) is 2.44. The van der Waals surface area contributed by atoms with Gasteiger partial charge in [0.15, 0.2) is 0 Å². The molecule has 0 saturated carbocycles. The molecule has 0 aromatic heterocycles. The summed E-state index contributed by atoms with van der Waals surface area (Å²) < 4.78 is 5.24. The number of hydrogen-bond donors (Lipinski definition) is 0. The molecule has 0 amide bonds. The number of piperidine rings is 1. The lowest BCUT2D eigenvalue weighted by Gasteiger charge is -2.31. The summed E-state index contributed by atoms with van der Waals surface area (Å²) in [5, 5.41) is 15.4. The number of nitrogens with zero attached hydrogens (tertiary/aromatic N) is 4. The zero-order chi connectivity index (χ0) is 19.7. The molecule has 2 heterocycles. The Balaban J connectivity index is 1.83. The fourth-order valence-electron chi connectivity index (χ4n) is 3.83. The number of anilines is 1. The number of ether oxygens (including phenoxy) is 1. The van der Waals surface area contributed by atoms with Gasteiger partial charge in [-0.05, 0) is 19.9 Å². The molecule has 2 aliphatic rings. The van der Waals surface area contributed by atoms with Crippen molar-refractivity contribution in [1.29, 1.82) is 0 Å². The maximum absolute atomic E-state index is 12.5. The molecule has 27 heavy (non-hydrogen) atoms. The van der Waals surface area contributed by atoms with E-state index in [2.05, 4.69) is 17.1 Å². The highest BCUT2D eigenvalue weighted by Gasteiger charge is 2.37. The number of oxime groups is 1. The summed E-state index contributed by atoms with van der Waals surface area (Å²) in [5.41, 5.74) is 0.978. The third-order valence-corrected chi connectivity index (χ3v) is 5.38. The normalized spacial score (nSPS) is 21.7. The van der Waals surface area contributed by atoms with Gasteiger partial charge in [0.25, 0.3) is 5.69 Å². The van der Waals surface area contributed by atoms with Gasteiger partial charge >= 0.3 is 5.97 Å². The smallest absolute Gasteiger partial charge is 0.369 e. The average molecular weight is 376 g/mol. The number of rotatable bonds is 5. The lowest BCUT2D eigenvalue weighted by molar-refractivity contribution is -0.384. The van der Waals surface area contributed by atoms with Crippen molar-refractivity contribution in [2.24, 2.45) is 5.16 Å². The van der Waals surface area contributed by atoms with Crippen molar-refractivity contribution in [2.75, 3.05) is 33.2 Å². The lowest BCUT2D eigenvalue weighted by atomic mass is 10.0. The van der Waals surface area contributed by atoms with Gasteiger partial charge in [-0.1, -0.05) is 5.16 Å². The summed E-state index contributed by atoms with van der Waals surface area (Å²) in [6.07, 6.45) is 3.80. The lowest BCUT2D eigenvalue weighted by Crippen LogP contribution is -2.40. The number of benzene rings is 1. The highest BCUT2D eigenvalue weighted by Crippen LogP contribution is 2.35. The van der Waals surface area contributed by atoms with Gasteiger partial charge in [-0.15, -0.1) is 0 Å². The van der Waals surface area contributed by atoms with E-state index >= 15 is 0 Å². The quantitative estimate of drug-likeness (QED) is 0.442. The van der Waals surface area contributed by atoms with Crippen molar-refractivity contribution in [3.05, 3.63) is 27.8 Å². The Morgan fingerprint density at radius 3 is 2.44 bits per heavy atom. The van der Waals surface area contributed by atoms with Gasteiger partial charge in [-0.25, -0.2) is 4.79 Å². The van der Waals surface area contributed by atoms with Crippen LogP contribution < -0.4 is 9.64 Å². The molecule has 2 atom stereocenters. The van der Waals surface area contributed by atoms with Gasteiger partial charge in [-0.3, -0.25) is 15.0 Å². The number of hydrogen-bond acceptors (Lipinski definition) is 8. The molecule has 2 bridgehead atoms. The highest BCUT2D eigenvalue weighted by molar-refractivity contribution is 5.95. The fourth-order valence-corrected chi connectivity index (χ4v) is 3.83. The van der Waals surface area contributed by atoms with E-state index < -0.39 is 10.9 Å². The number of carbonyl (C=O) groups excluding carboxylic acids is 1. The van der Waals surface area contributed by atoms with E-state index in [4.69, 9.17) is 9.57 Å². The standard InChI is InChI=1S/C18H24N4O5/c1-20(2)15-10-17(26-4)14(9-16(15)22(24)25)18(23)27-19-11-7-12-5-6-13(8-11)21(12)3/h9-10,12-13H,5-8H2,1-4H3/t12-,13-/m1/s1. The minimum absolute atomic E-state index is 0.0185. The summed E-state index contributed by atoms with van der Waals surface area (Å²) in [6, 6.07) is 3.51. The van der Waals surface area contributed by atoms with Gasteiger partial charge in [0.1, 0.15) is 17.0 Å². The average Bonchev–Trinajstić information content (AvgIpc) is 2.85. The van der Waals surface area contributed by atoms with Crippen LogP contribution in [0.4, 0.5) is 11.4 Å². The van der Waals surface area contributed by atoms with E-state index in [1.807, 2.05) is 0 Å². The molecule has 3 rings (SSSR count). The largest absolute Gasteiger partial charge is 0.496 e. The first-order valence-corrected chi connectivity index (χ1v) is 8.84. The van der Waals surface area contributed by atoms with Crippen molar-refractivity contribution in [2.45, 2.75) is 37.8 Å². The van der Waals surface area contributed by atoms with Crippen LogP contribution in [0.2, 0.25) is 0 Å². The second kappa shape index (κ2) is 7.51. The van der Waals surface area contributed by atoms with E-state index in [9.17, 15) is 14.9 Å². The molecule has 146 valence electrons. The Kier molecular flexibility index (Phi) is 5.31. The van der Waals surface area contributed by atoms with Gasteiger partial charge in [-0.2, -0.15) is 0 Å². The molecule has 2 aliphatic heterocycles. The topological polar surface area (TPSA) is 97.5 Å². The van der Waals surface area contributed by atoms with Gasteiger partial charge in [0, 0.05) is 51.2 Å². The molecular weight excluding hydrogens is 352 g/mol. The van der Waals surface area contributed by atoms with Crippen LogP contribution in [0.3, 0.4) is 0 Å². The molecule has 9 heteroatoms. The third-order valence-electron chi connectivity index (χ3n) is 5.38. The Hall–Kier alpha value is -2.68. The van der Waals surface area contributed by atoms with E-state index in [1.165, 1.54) is 19.2 Å². The molecule has 0 unspecified atom stereocenters. The molecular formula is C18H24N4O5. The molecule has 0 radical (unpaired) electrons. The highest BCUT2D eigenvalue weighted by atomic mass is 16.7. The van der Waals surface area contributed by atoms with E-state index in [-0.39, 0.29) is 17.0 Å². The molecule has 9 nitrogen and oxygen atoms in total. The second-order valence-electron chi connectivity index (χ2n) is 7.19. The fraction of sp³-hybridized carbons (Fsp3) is 0.556. The van der Waals surface area contributed by atoms with Crippen molar-refractivity contribution >= 4 is 23.1 Å². The predicted molar refractivity (Wildman–Crippen MR) is 101 cm³/mol. The SMILES string of the molecule is COc1cc(N(C)C)c([N+](=O)[O-])cc1C(=O)ON=C1C[C@H]2CC[C@H](C1)N2C. The summed E-state index contributed by atoms with van der Waals surface area (Å²) in [7, 11) is 6.87. The van der Waals surface area contributed by atoms with E-state index in [0.29, 0.717) is 17.8 Å². The first-order valence-electron chi connectivity index (χ1n) is 8.84. The molecule has 0 N–H and O–H groups in total. The Labute approximate surface area is 157 Å². The van der Waals surface area contributed by atoms with Crippen molar-refractivity contribution in [3.63, 3.8) is 0 Å². The van der Waals surface area contributed by atoms with Gasteiger partial charge < -0.3 is 14.5 Å². The van der Waals surface area contributed by atoms with Crippen LogP contribution in [-0.2, 0) is 4.84 Å². The maximum atomic E-state index is 12.5. The maximum Gasteiger partial charge on any atom is 0.369 e. The van der Waals surface area contributed by atoms with Crippen LogP contribution in [0.5, 0.6) is 5.75 Å². The van der Waals surface area contributed by atoms with Crippen LogP contribution in [0.15, 0.2) is 17.3 Å². The minimum Gasteiger partial charge on any atom is -0.496 e. The summed E-state index contributed by atoms with van der Waals surface area (Å²) in [5.74, 6) is -0.558. The third kappa shape index (κ3) is 3.73. The monoisotopic (exact) mass is 376 g/mol. The number of methoxy groups -OCH3 is 1. The Morgan fingerprint density at radius 1 is 1.30 bits per heavy atom. The van der Waals surface area contributed by atoms with Gasteiger partial charge in [0.2, 0.25) is 0 Å². The molecule has 1 aromatic carbocycles. The zero-order valence-electron chi connectivity index (χ0n) is 16.0. The molecule has 2 saturated heterocycles. The Morgan fingerprint density at radius 2 is 1.93 bits per heavy atom. The molecule has 0 aliphatic carbocycles. The molecule has 1 aromatic rings. The number of fused-ring (bicyclic) bond motifs is 2. The van der Waals surface area contributed by atoms with Gasteiger partial charge in [0.05, 0.1) is 17.7 Å². The molecule has 0 spiro atoms. The van der Waals surface area contributed by atoms with E-state index in [1.54, 1.807) is 19.0 Å². The second-order valence-corrected chi connectivity index (χ2v) is 7.19. The van der Waals surface area contributed by atoms with Crippen LogP contribution >= 0.6 is 0 Å². The van der Waals surface area contributed by atoms with Crippen molar-refractivity contribution in [1.82, 2.24) is 4.90 Å². The first-order chi connectivity index (χ1) is 12.8. The summed E-state index contributed by atoms with van der Waals surface area (Å²) in [4.78, 5) is 32.4.